The minimum absolute atomic E-state index is 0.0667. The van der Waals surface area contributed by atoms with Crippen LogP contribution >= 0.6 is 23.1 Å². The molecule has 10 nitrogen and oxygen atoms in total. The van der Waals surface area contributed by atoms with Gasteiger partial charge in [-0.15, -0.1) is 23.1 Å². The molecule has 0 radical (unpaired) electrons. The van der Waals surface area contributed by atoms with Crippen molar-refractivity contribution in [2.24, 2.45) is 0 Å². The molecule has 50 heavy (non-hydrogen) atoms. The first kappa shape index (κ1) is 35.9. The number of amides is 4. The molecule has 4 amide bonds. The highest BCUT2D eigenvalue weighted by Gasteiger charge is 2.30. The van der Waals surface area contributed by atoms with E-state index in [2.05, 4.69) is 22.0 Å². The molecule has 0 spiro atoms. The van der Waals surface area contributed by atoms with Crippen molar-refractivity contribution in [3.05, 3.63) is 118 Å². The second kappa shape index (κ2) is 15.9. The highest BCUT2D eigenvalue weighted by Crippen LogP contribution is 2.38. The van der Waals surface area contributed by atoms with Crippen LogP contribution in [0.3, 0.4) is 0 Å². The zero-order valence-corrected chi connectivity index (χ0v) is 29.7. The number of thioether (sulfide) groups is 1. The second-order valence-corrected chi connectivity index (χ2v) is 15.0. The van der Waals surface area contributed by atoms with Crippen LogP contribution in [-0.2, 0) is 27.3 Å². The molecule has 0 fully saturated rings. The first-order valence-electron chi connectivity index (χ1n) is 15.9. The van der Waals surface area contributed by atoms with Crippen LogP contribution in [0.15, 0.2) is 95.5 Å². The minimum atomic E-state index is -0.620. The average molecular weight is 708 g/mol. The molecular weight excluding hydrogens is 671 g/mol. The van der Waals surface area contributed by atoms with Crippen molar-refractivity contribution in [2.75, 3.05) is 17.2 Å². The van der Waals surface area contributed by atoms with E-state index < -0.39 is 28.8 Å². The molecule has 0 aliphatic carbocycles. The Morgan fingerprint density at radius 1 is 0.980 bits per heavy atom. The molecular formula is C38H37N5O5S2. The van der Waals surface area contributed by atoms with Crippen molar-refractivity contribution in [1.82, 2.24) is 10.2 Å². The molecule has 1 aliphatic heterocycles. The van der Waals surface area contributed by atoms with Crippen molar-refractivity contribution in [1.29, 1.82) is 5.26 Å². The minimum Gasteiger partial charge on any atom is -0.444 e. The van der Waals surface area contributed by atoms with Gasteiger partial charge in [-0.25, -0.2) is 4.79 Å². The van der Waals surface area contributed by atoms with E-state index >= 15 is 0 Å². The van der Waals surface area contributed by atoms with E-state index in [0.29, 0.717) is 41.3 Å². The van der Waals surface area contributed by atoms with Gasteiger partial charge in [0.1, 0.15) is 22.4 Å². The molecule has 4 aromatic rings. The Bertz CT molecular complexity index is 1960. The third-order valence-electron chi connectivity index (χ3n) is 7.47. The Hall–Kier alpha value is -5.38. The van der Waals surface area contributed by atoms with Gasteiger partial charge in [0.15, 0.2) is 0 Å². The second-order valence-electron chi connectivity index (χ2n) is 12.5. The summed E-state index contributed by atoms with van der Waals surface area (Å²) in [7, 11) is 0. The number of hydrogen-bond donors (Lipinski definition) is 3. The van der Waals surface area contributed by atoms with E-state index in [9.17, 15) is 24.4 Å². The fourth-order valence-corrected chi connectivity index (χ4v) is 7.21. The monoisotopic (exact) mass is 707 g/mol. The van der Waals surface area contributed by atoms with Crippen LogP contribution in [0.5, 0.6) is 0 Å². The van der Waals surface area contributed by atoms with Gasteiger partial charge in [0, 0.05) is 27.6 Å². The van der Waals surface area contributed by atoms with Gasteiger partial charge in [-0.2, -0.15) is 5.26 Å². The van der Waals surface area contributed by atoms with Gasteiger partial charge in [0.25, 0.3) is 11.8 Å². The summed E-state index contributed by atoms with van der Waals surface area (Å²) in [6, 6.07) is 27.1. The summed E-state index contributed by atoms with van der Waals surface area (Å²) in [6.45, 7) is 7.92. The van der Waals surface area contributed by atoms with Crippen LogP contribution in [0.25, 0.3) is 6.08 Å². The van der Waals surface area contributed by atoms with Crippen LogP contribution in [0.4, 0.5) is 15.5 Å². The SMILES string of the molecule is CC(Sc1cccc(NC(=O)/C(=C/c2ccccc2)NC(=O)c2ccccc2)c1)C(=O)Nc1sc2c(c1C#N)CCN(C(=O)OC(C)(C)C)C2. The zero-order valence-electron chi connectivity index (χ0n) is 28.1. The number of anilines is 2. The number of nitrogens with zero attached hydrogens (tertiary/aromatic N) is 2. The Morgan fingerprint density at radius 3 is 2.36 bits per heavy atom. The molecule has 12 heteroatoms. The number of thiophene rings is 1. The quantitative estimate of drug-likeness (QED) is 0.121. The number of nitrogens with one attached hydrogen (secondary N) is 3. The number of carbonyl (C=O) groups is 4. The molecule has 1 atom stereocenters. The number of benzene rings is 3. The predicted molar refractivity (Wildman–Crippen MR) is 197 cm³/mol. The maximum Gasteiger partial charge on any atom is 0.410 e. The standard InChI is InChI=1S/C38H37N5O5S2/c1-24(33(44)42-36-30(22-39)29-18-19-43(23-32(29)50-36)37(47)48-38(2,3)4)49-28-17-11-16-27(21-28)40-35(46)31(20-25-12-7-5-8-13-25)41-34(45)26-14-9-6-10-15-26/h5-17,20-21,24H,18-19,23H2,1-4H3,(H,40,46)(H,41,45)(H,42,44)/b31-20-. The van der Waals surface area contributed by atoms with Crippen molar-refractivity contribution in [2.45, 2.75) is 56.4 Å². The smallest absolute Gasteiger partial charge is 0.410 e. The van der Waals surface area contributed by atoms with Gasteiger partial charge < -0.3 is 25.6 Å². The maximum atomic E-state index is 13.5. The maximum absolute atomic E-state index is 13.5. The summed E-state index contributed by atoms with van der Waals surface area (Å²) in [4.78, 5) is 55.6. The van der Waals surface area contributed by atoms with Crippen molar-refractivity contribution in [3.63, 3.8) is 0 Å². The molecule has 3 N–H and O–H groups in total. The van der Waals surface area contributed by atoms with Crippen LogP contribution in [0, 0.1) is 11.3 Å². The van der Waals surface area contributed by atoms with E-state index in [1.807, 2.05) is 57.2 Å². The van der Waals surface area contributed by atoms with Gasteiger partial charge in [-0.05, 0) is 81.7 Å². The third-order valence-corrected chi connectivity index (χ3v) is 9.70. The molecule has 0 saturated carbocycles. The normalized spacial score (nSPS) is 13.3. The van der Waals surface area contributed by atoms with Crippen LogP contribution in [0.1, 0.15) is 59.6 Å². The number of fused-ring (bicyclic) bond motifs is 1. The van der Waals surface area contributed by atoms with E-state index in [1.54, 1.807) is 66.4 Å². The van der Waals surface area contributed by atoms with E-state index in [1.165, 1.54) is 23.1 Å². The van der Waals surface area contributed by atoms with Gasteiger partial charge in [0.2, 0.25) is 5.91 Å². The van der Waals surface area contributed by atoms with E-state index in [0.717, 1.165) is 20.9 Å². The largest absolute Gasteiger partial charge is 0.444 e. The van der Waals surface area contributed by atoms with Gasteiger partial charge in [-0.1, -0.05) is 54.6 Å². The van der Waals surface area contributed by atoms with Crippen molar-refractivity contribution in [3.8, 4) is 6.07 Å². The lowest BCUT2D eigenvalue weighted by atomic mass is 10.0. The zero-order chi connectivity index (χ0) is 35.8. The number of nitriles is 1. The lowest BCUT2D eigenvalue weighted by Crippen LogP contribution is -2.39. The van der Waals surface area contributed by atoms with E-state index in [4.69, 9.17) is 4.74 Å². The molecule has 1 aromatic heterocycles. The summed E-state index contributed by atoms with van der Waals surface area (Å²) in [5, 5.41) is 18.4. The molecule has 2 heterocycles. The average Bonchev–Trinajstić information content (AvgIpc) is 3.44. The van der Waals surface area contributed by atoms with Crippen molar-refractivity contribution >= 4 is 63.7 Å². The molecule has 256 valence electrons. The molecule has 1 aliphatic rings. The first-order chi connectivity index (χ1) is 23.9. The first-order valence-corrected chi connectivity index (χ1v) is 17.6. The third kappa shape index (κ3) is 9.40. The molecule has 3 aromatic carbocycles. The van der Waals surface area contributed by atoms with Gasteiger partial charge >= 0.3 is 6.09 Å². The Balaban J connectivity index is 1.25. The number of carbonyl (C=O) groups excluding carboxylic acids is 4. The summed E-state index contributed by atoms with van der Waals surface area (Å²) in [6.07, 6.45) is 1.68. The number of hydrogen-bond acceptors (Lipinski definition) is 8. The fourth-order valence-electron chi connectivity index (χ4n) is 5.07. The van der Waals surface area contributed by atoms with Crippen molar-refractivity contribution < 1.29 is 23.9 Å². The highest BCUT2D eigenvalue weighted by atomic mass is 32.2. The fraction of sp³-hybridized carbons (Fsp3) is 0.237. The number of ether oxygens (including phenoxy) is 1. The molecule has 1 unspecified atom stereocenters. The Kier molecular flexibility index (Phi) is 11.4. The summed E-state index contributed by atoms with van der Waals surface area (Å²) >= 11 is 2.59. The summed E-state index contributed by atoms with van der Waals surface area (Å²) < 4.78 is 5.52. The summed E-state index contributed by atoms with van der Waals surface area (Å²) in [5.74, 6) is -1.22. The molecule has 5 rings (SSSR count). The van der Waals surface area contributed by atoms with Crippen LogP contribution in [0.2, 0.25) is 0 Å². The van der Waals surface area contributed by atoms with Gasteiger partial charge in [0.05, 0.1) is 17.4 Å². The molecule has 0 bridgehead atoms. The number of rotatable bonds is 9. The Labute approximate surface area is 299 Å². The lowest BCUT2D eigenvalue weighted by molar-refractivity contribution is -0.115. The molecule has 0 saturated heterocycles. The summed E-state index contributed by atoms with van der Waals surface area (Å²) in [5.41, 5.74) is 2.34. The van der Waals surface area contributed by atoms with Crippen LogP contribution < -0.4 is 16.0 Å². The predicted octanol–water partition coefficient (Wildman–Crippen LogP) is 7.44. The van der Waals surface area contributed by atoms with E-state index in [-0.39, 0.29) is 11.6 Å². The lowest BCUT2D eigenvalue weighted by Gasteiger charge is -2.29. The topological polar surface area (TPSA) is 141 Å². The van der Waals surface area contributed by atoms with Crippen LogP contribution in [-0.4, -0.2) is 46.1 Å². The Morgan fingerprint density at radius 2 is 1.68 bits per heavy atom. The highest BCUT2D eigenvalue weighted by molar-refractivity contribution is 8.00. The van der Waals surface area contributed by atoms with Gasteiger partial charge in [-0.3, -0.25) is 14.4 Å².